The lowest BCUT2D eigenvalue weighted by atomic mass is 9.95. The van der Waals surface area contributed by atoms with Crippen LogP contribution in [0.4, 0.5) is 0 Å². The monoisotopic (exact) mass is 435 g/mol. The average Bonchev–Trinajstić information content (AvgIpc) is 3.12. The Bertz CT molecular complexity index is 836. The van der Waals surface area contributed by atoms with Crippen molar-refractivity contribution >= 4 is 23.3 Å². The van der Waals surface area contributed by atoms with E-state index >= 15 is 0 Å². The second kappa shape index (κ2) is 12.3. The molecule has 0 atom stereocenters. The Labute approximate surface area is 185 Å². The molecule has 0 aliphatic heterocycles. The Morgan fingerprint density at radius 1 is 1.23 bits per heavy atom. The number of amides is 1. The van der Waals surface area contributed by atoms with Gasteiger partial charge in [-0.05, 0) is 39.7 Å². The number of rotatable bonds is 4. The number of nitrogens with zero attached hydrogens (tertiary/aromatic N) is 3. The van der Waals surface area contributed by atoms with E-state index in [9.17, 15) is 9.59 Å². The topological polar surface area (TPSA) is 93.9 Å². The summed E-state index contributed by atoms with van der Waals surface area (Å²) >= 11 is 0. The molecule has 1 aromatic carbocycles. The van der Waals surface area contributed by atoms with Gasteiger partial charge in [-0.2, -0.15) is 5.10 Å². The number of aryl methyl sites for hydroxylation is 1. The van der Waals surface area contributed by atoms with Gasteiger partial charge in [0, 0.05) is 44.9 Å². The molecular formula is C23H37N3O5. The third-order valence-corrected chi connectivity index (χ3v) is 5.10. The SMILES string of the molecule is CN(C=O)C1CCCCC1.COC(C)(C)C.COc1cc2nn(C)cc2cc1C(=O)O. The fourth-order valence-corrected chi connectivity index (χ4v) is 3.09. The number of benzene rings is 1. The number of fused-ring (bicyclic) bond motifs is 1. The second-order valence-electron chi connectivity index (χ2n) is 8.60. The van der Waals surface area contributed by atoms with Crippen molar-refractivity contribution in [2.75, 3.05) is 21.3 Å². The minimum absolute atomic E-state index is 0.0417. The zero-order chi connectivity index (χ0) is 23.6. The minimum atomic E-state index is -1.00. The molecule has 1 heterocycles. The molecular weight excluding hydrogens is 398 g/mol. The number of carboxylic acids is 1. The van der Waals surface area contributed by atoms with E-state index in [-0.39, 0.29) is 11.2 Å². The lowest BCUT2D eigenvalue weighted by molar-refractivity contribution is -0.119. The highest BCUT2D eigenvalue weighted by Crippen LogP contribution is 2.25. The molecule has 1 amide bonds. The summed E-state index contributed by atoms with van der Waals surface area (Å²) in [5.74, 6) is -0.675. The van der Waals surface area contributed by atoms with Gasteiger partial charge in [-0.3, -0.25) is 9.48 Å². The van der Waals surface area contributed by atoms with Crippen molar-refractivity contribution in [1.82, 2.24) is 14.7 Å². The van der Waals surface area contributed by atoms with Gasteiger partial charge in [-0.25, -0.2) is 4.79 Å². The van der Waals surface area contributed by atoms with E-state index in [0.717, 1.165) is 17.3 Å². The van der Waals surface area contributed by atoms with Crippen LogP contribution in [-0.4, -0.2) is 65.1 Å². The van der Waals surface area contributed by atoms with Gasteiger partial charge in [0.25, 0.3) is 0 Å². The number of ether oxygens (including phenoxy) is 2. The molecule has 0 radical (unpaired) electrons. The van der Waals surface area contributed by atoms with Crippen LogP contribution in [0.15, 0.2) is 18.3 Å². The van der Waals surface area contributed by atoms with Crippen LogP contribution in [0.3, 0.4) is 0 Å². The molecule has 2 aromatic rings. The Hall–Kier alpha value is -2.61. The van der Waals surface area contributed by atoms with Crippen molar-refractivity contribution in [3.8, 4) is 5.75 Å². The zero-order valence-electron chi connectivity index (χ0n) is 19.8. The van der Waals surface area contributed by atoms with E-state index in [2.05, 4.69) is 5.10 Å². The smallest absolute Gasteiger partial charge is 0.339 e. The summed E-state index contributed by atoms with van der Waals surface area (Å²) in [6.45, 7) is 6.06. The summed E-state index contributed by atoms with van der Waals surface area (Å²) in [6, 6.07) is 3.72. The molecule has 1 aliphatic carbocycles. The lowest BCUT2D eigenvalue weighted by Crippen LogP contribution is -2.31. The molecule has 174 valence electrons. The molecule has 0 saturated heterocycles. The molecule has 8 heteroatoms. The Kier molecular flexibility index (Phi) is 10.5. The highest BCUT2D eigenvalue weighted by Gasteiger charge is 2.16. The van der Waals surface area contributed by atoms with Crippen LogP contribution in [-0.2, 0) is 16.6 Å². The van der Waals surface area contributed by atoms with Crippen LogP contribution >= 0.6 is 0 Å². The minimum Gasteiger partial charge on any atom is -0.496 e. The summed E-state index contributed by atoms with van der Waals surface area (Å²) in [7, 11) is 6.81. The summed E-state index contributed by atoms with van der Waals surface area (Å²) < 4.78 is 11.6. The van der Waals surface area contributed by atoms with Crippen LogP contribution in [0.2, 0.25) is 0 Å². The number of hydrogen-bond acceptors (Lipinski definition) is 5. The third kappa shape index (κ3) is 8.96. The first-order valence-corrected chi connectivity index (χ1v) is 10.5. The van der Waals surface area contributed by atoms with Crippen LogP contribution in [0.5, 0.6) is 5.75 Å². The maximum Gasteiger partial charge on any atom is 0.339 e. The quantitative estimate of drug-likeness (QED) is 0.726. The average molecular weight is 436 g/mol. The first-order chi connectivity index (χ1) is 14.5. The van der Waals surface area contributed by atoms with Crippen LogP contribution in [0, 0.1) is 0 Å². The van der Waals surface area contributed by atoms with Gasteiger partial charge in [0.05, 0.1) is 18.2 Å². The summed E-state index contributed by atoms with van der Waals surface area (Å²) in [6.07, 6.45) is 9.05. The van der Waals surface area contributed by atoms with E-state index < -0.39 is 5.97 Å². The van der Waals surface area contributed by atoms with E-state index in [0.29, 0.717) is 11.8 Å². The largest absolute Gasteiger partial charge is 0.496 e. The molecule has 0 unspecified atom stereocenters. The maximum atomic E-state index is 10.9. The molecule has 0 spiro atoms. The van der Waals surface area contributed by atoms with Crippen molar-refractivity contribution in [2.24, 2.45) is 7.05 Å². The lowest BCUT2D eigenvalue weighted by Gasteiger charge is -2.27. The molecule has 1 saturated carbocycles. The Morgan fingerprint density at radius 3 is 2.26 bits per heavy atom. The molecule has 1 fully saturated rings. The predicted octanol–water partition coefficient (Wildman–Crippen LogP) is 4.12. The van der Waals surface area contributed by atoms with Gasteiger partial charge in [0.15, 0.2) is 0 Å². The standard InChI is InChI=1S/C10H10N2O3.C8H15NO.C5H12O/c1-12-5-6-3-7(10(13)14)9(15-2)4-8(6)11-12;1-9(7-10)8-5-3-2-4-6-8;1-5(2,3)6-4/h3-5H,1-2H3,(H,13,14);7-8H,2-6H2,1H3;1-4H3. The van der Waals surface area contributed by atoms with E-state index in [1.165, 1.54) is 39.2 Å². The number of carboxylic acid groups (broad SMARTS) is 1. The van der Waals surface area contributed by atoms with Crippen LogP contribution < -0.4 is 4.74 Å². The molecule has 1 N–H and O–H groups in total. The zero-order valence-corrected chi connectivity index (χ0v) is 19.8. The van der Waals surface area contributed by atoms with E-state index in [4.69, 9.17) is 14.6 Å². The van der Waals surface area contributed by atoms with Crippen molar-refractivity contribution in [2.45, 2.75) is 64.5 Å². The second-order valence-corrected chi connectivity index (χ2v) is 8.60. The number of hydrogen-bond donors (Lipinski definition) is 1. The molecule has 0 bridgehead atoms. The van der Waals surface area contributed by atoms with Gasteiger partial charge in [-0.15, -0.1) is 0 Å². The van der Waals surface area contributed by atoms with Crippen molar-refractivity contribution in [1.29, 1.82) is 0 Å². The van der Waals surface area contributed by atoms with Gasteiger partial charge >= 0.3 is 5.97 Å². The van der Waals surface area contributed by atoms with Crippen molar-refractivity contribution < 1.29 is 24.2 Å². The van der Waals surface area contributed by atoms with Crippen molar-refractivity contribution in [3.05, 3.63) is 23.9 Å². The normalized spacial score (nSPS) is 14.0. The maximum absolute atomic E-state index is 10.9. The van der Waals surface area contributed by atoms with Crippen LogP contribution in [0.25, 0.3) is 10.9 Å². The fraction of sp³-hybridized carbons (Fsp3) is 0.609. The number of methoxy groups -OCH3 is 2. The van der Waals surface area contributed by atoms with Crippen LogP contribution in [0.1, 0.15) is 63.2 Å². The Morgan fingerprint density at radius 2 is 1.81 bits per heavy atom. The molecule has 8 nitrogen and oxygen atoms in total. The Balaban J connectivity index is 0.000000260. The first kappa shape index (κ1) is 26.4. The fourth-order valence-electron chi connectivity index (χ4n) is 3.09. The summed E-state index contributed by atoms with van der Waals surface area (Å²) in [5.41, 5.74) is 0.914. The molecule has 1 aliphatic rings. The van der Waals surface area contributed by atoms with E-state index in [1.807, 2.05) is 27.8 Å². The van der Waals surface area contributed by atoms with Gasteiger partial charge in [0.1, 0.15) is 11.3 Å². The van der Waals surface area contributed by atoms with Gasteiger partial charge in [-0.1, -0.05) is 19.3 Å². The number of aromatic nitrogens is 2. The summed E-state index contributed by atoms with van der Waals surface area (Å²) in [5, 5.41) is 13.9. The highest BCUT2D eigenvalue weighted by molar-refractivity contribution is 5.96. The number of aromatic carboxylic acids is 1. The van der Waals surface area contributed by atoms with Gasteiger partial charge < -0.3 is 19.5 Å². The molecule has 3 rings (SSSR count). The third-order valence-electron chi connectivity index (χ3n) is 5.10. The molecule has 31 heavy (non-hydrogen) atoms. The first-order valence-electron chi connectivity index (χ1n) is 10.5. The van der Waals surface area contributed by atoms with Crippen molar-refractivity contribution in [3.63, 3.8) is 0 Å². The molecule has 1 aromatic heterocycles. The number of carbonyl (C=O) groups excluding carboxylic acids is 1. The van der Waals surface area contributed by atoms with E-state index in [1.54, 1.807) is 42.1 Å². The van der Waals surface area contributed by atoms with Gasteiger partial charge in [0.2, 0.25) is 6.41 Å². The highest BCUT2D eigenvalue weighted by atomic mass is 16.5. The summed E-state index contributed by atoms with van der Waals surface area (Å²) in [4.78, 5) is 23.1. The predicted molar refractivity (Wildman–Crippen MR) is 122 cm³/mol. The number of carbonyl (C=O) groups is 2.